The molecule has 9 heteroatoms. The third-order valence-corrected chi connectivity index (χ3v) is 5.74. The van der Waals surface area contributed by atoms with Crippen LogP contribution in [0.15, 0.2) is 60.8 Å². The number of benzene rings is 2. The molecule has 0 saturated carbocycles. The number of fused-ring (bicyclic) bond motifs is 1. The normalized spacial score (nSPS) is 13.7. The summed E-state index contributed by atoms with van der Waals surface area (Å²) in [5, 5.41) is 6.85. The van der Waals surface area contributed by atoms with Gasteiger partial charge < -0.3 is 10.1 Å². The fourth-order valence-electron chi connectivity index (χ4n) is 3.84. The largest absolute Gasteiger partial charge is 0.449 e. The molecular weight excluding hydrogens is 448 g/mol. The zero-order valence-electron chi connectivity index (χ0n) is 19.7. The van der Waals surface area contributed by atoms with Crippen LogP contribution in [0.5, 0.6) is 0 Å². The molecule has 0 unspecified atom stereocenters. The first-order valence-electron chi connectivity index (χ1n) is 11.4. The first-order chi connectivity index (χ1) is 16.8. The van der Waals surface area contributed by atoms with Crippen LogP contribution in [0.1, 0.15) is 63.5 Å². The van der Waals surface area contributed by atoms with Crippen molar-refractivity contribution in [3.63, 3.8) is 0 Å². The number of amides is 3. The van der Waals surface area contributed by atoms with E-state index < -0.39 is 29.8 Å². The minimum atomic E-state index is -1.09. The molecule has 35 heavy (non-hydrogen) atoms. The maximum Gasteiger partial charge on any atom is 0.338 e. The van der Waals surface area contributed by atoms with Crippen molar-refractivity contribution in [1.29, 1.82) is 0 Å². The van der Waals surface area contributed by atoms with Crippen LogP contribution >= 0.6 is 0 Å². The fourth-order valence-corrected chi connectivity index (χ4v) is 3.84. The smallest absolute Gasteiger partial charge is 0.338 e. The summed E-state index contributed by atoms with van der Waals surface area (Å²) in [7, 11) is 0. The van der Waals surface area contributed by atoms with Gasteiger partial charge in [0, 0.05) is 18.7 Å². The highest BCUT2D eigenvalue weighted by Crippen LogP contribution is 2.25. The molecule has 0 spiro atoms. The van der Waals surface area contributed by atoms with E-state index in [1.54, 1.807) is 16.9 Å². The second kappa shape index (κ2) is 9.92. The Bertz CT molecular complexity index is 1280. The number of hydrogen-bond donors (Lipinski definition) is 1. The van der Waals surface area contributed by atoms with Gasteiger partial charge in [-0.3, -0.25) is 19.3 Å². The maximum atomic E-state index is 12.9. The molecule has 2 aromatic carbocycles. The molecule has 0 saturated heterocycles. The van der Waals surface area contributed by atoms with Crippen LogP contribution < -0.4 is 5.32 Å². The second-order valence-electron chi connectivity index (χ2n) is 8.55. The van der Waals surface area contributed by atoms with Gasteiger partial charge in [0.1, 0.15) is 5.82 Å². The summed E-state index contributed by atoms with van der Waals surface area (Å²) >= 11 is 0. The van der Waals surface area contributed by atoms with E-state index in [1.807, 2.05) is 44.2 Å². The van der Waals surface area contributed by atoms with Crippen molar-refractivity contribution in [2.75, 3.05) is 11.9 Å². The number of rotatable bonds is 8. The molecule has 1 aromatic heterocycles. The third kappa shape index (κ3) is 4.98. The molecule has 1 aliphatic heterocycles. The molecule has 2 heterocycles. The molecule has 9 nitrogen and oxygen atoms in total. The van der Waals surface area contributed by atoms with Crippen LogP contribution in [-0.4, -0.2) is 51.0 Å². The van der Waals surface area contributed by atoms with Gasteiger partial charge in [-0.25, -0.2) is 9.48 Å². The molecule has 3 amide bonds. The average molecular weight is 475 g/mol. The lowest BCUT2D eigenvalue weighted by Gasteiger charge is -2.16. The van der Waals surface area contributed by atoms with Gasteiger partial charge in [0.25, 0.3) is 17.7 Å². The summed E-state index contributed by atoms with van der Waals surface area (Å²) in [4.78, 5) is 52.0. The number of nitrogens with zero attached hydrogens (tertiary/aromatic N) is 3. The van der Waals surface area contributed by atoms with Crippen molar-refractivity contribution in [1.82, 2.24) is 14.7 Å². The van der Waals surface area contributed by atoms with Crippen molar-refractivity contribution >= 4 is 29.5 Å². The van der Waals surface area contributed by atoms with Gasteiger partial charge in [0.2, 0.25) is 0 Å². The molecule has 0 aliphatic carbocycles. The summed E-state index contributed by atoms with van der Waals surface area (Å²) in [5.74, 6) is -1.64. The number of aromatic nitrogens is 2. The summed E-state index contributed by atoms with van der Waals surface area (Å²) in [6.07, 6.45) is 1.01. The van der Waals surface area contributed by atoms with E-state index in [0.29, 0.717) is 12.2 Å². The molecule has 1 atom stereocenters. The lowest BCUT2D eigenvalue weighted by Crippen LogP contribution is -2.31. The van der Waals surface area contributed by atoms with E-state index in [1.165, 1.54) is 30.0 Å². The number of anilines is 1. The van der Waals surface area contributed by atoms with E-state index in [-0.39, 0.29) is 29.3 Å². The SMILES string of the molecule is CC(C)n1nccc1NC(=O)[C@@H](C)OC(=O)c1ccc2c(c1)C(=O)N(CCc1ccccc1)C2=O. The topological polar surface area (TPSA) is 111 Å². The van der Waals surface area contributed by atoms with Crippen LogP contribution in [0.4, 0.5) is 5.82 Å². The predicted octanol–water partition coefficient (Wildman–Crippen LogP) is 3.49. The van der Waals surface area contributed by atoms with E-state index in [0.717, 1.165) is 5.56 Å². The molecule has 0 radical (unpaired) electrons. The van der Waals surface area contributed by atoms with Crippen molar-refractivity contribution in [2.45, 2.75) is 39.3 Å². The standard InChI is InChI=1S/C26H26N4O5/c1-16(2)30-22(11-13-27-30)28-23(31)17(3)35-26(34)19-9-10-20-21(15-19)25(33)29(24(20)32)14-12-18-7-5-4-6-8-18/h4-11,13,15-17H,12,14H2,1-3H3,(H,28,31)/t17-/m1/s1. The fraction of sp³-hybridized carbons (Fsp3) is 0.269. The van der Waals surface area contributed by atoms with Gasteiger partial charge in [-0.2, -0.15) is 5.10 Å². The van der Waals surface area contributed by atoms with Gasteiger partial charge in [0.05, 0.1) is 22.9 Å². The zero-order chi connectivity index (χ0) is 25.1. The Hall–Kier alpha value is -4.27. The average Bonchev–Trinajstić information content (AvgIpc) is 3.41. The molecular formula is C26H26N4O5. The quantitative estimate of drug-likeness (QED) is 0.395. The molecule has 1 aliphatic rings. The number of carbonyl (C=O) groups excluding carboxylic acids is 4. The first-order valence-corrected chi connectivity index (χ1v) is 11.4. The number of hydrogen-bond acceptors (Lipinski definition) is 6. The van der Waals surface area contributed by atoms with Crippen LogP contribution in [0, 0.1) is 0 Å². The van der Waals surface area contributed by atoms with Crippen LogP contribution in [0.25, 0.3) is 0 Å². The van der Waals surface area contributed by atoms with Crippen LogP contribution in [0.3, 0.4) is 0 Å². The van der Waals surface area contributed by atoms with Gasteiger partial charge >= 0.3 is 5.97 Å². The van der Waals surface area contributed by atoms with Gasteiger partial charge in [-0.15, -0.1) is 0 Å². The highest BCUT2D eigenvalue weighted by atomic mass is 16.5. The monoisotopic (exact) mass is 474 g/mol. The van der Waals surface area contributed by atoms with Crippen LogP contribution in [0.2, 0.25) is 0 Å². The minimum Gasteiger partial charge on any atom is -0.449 e. The summed E-state index contributed by atoms with van der Waals surface area (Å²) in [6, 6.07) is 15.5. The Morgan fingerprint density at radius 1 is 0.971 bits per heavy atom. The summed E-state index contributed by atoms with van der Waals surface area (Å²) < 4.78 is 6.95. The number of carbonyl (C=O) groups is 4. The lowest BCUT2D eigenvalue weighted by molar-refractivity contribution is -0.123. The van der Waals surface area contributed by atoms with Gasteiger partial charge in [0.15, 0.2) is 6.10 Å². The Kier molecular flexibility index (Phi) is 6.77. The molecule has 0 fully saturated rings. The van der Waals surface area contributed by atoms with Gasteiger partial charge in [-0.05, 0) is 51.0 Å². The molecule has 180 valence electrons. The van der Waals surface area contributed by atoms with Crippen molar-refractivity contribution < 1.29 is 23.9 Å². The number of esters is 1. The Morgan fingerprint density at radius 3 is 2.40 bits per heavy atom. The lowest BCUT2D eigenvalue weighted by atomic mass is 10.1. The Morgan fingerprint density at radius 2 is 1.69 bits per heavy atom. The highest BCUT2D eigenvalue weighted by molar-refractivity contribution is 6.22. The molecule has 1 N–H and O–H groups in total. The molecule has 0 bridgehead atoms. The molecule has 4 rings (SSSR count). The summed E-state index contributed by atoms with van der Waals surface area (Å²) in [5.41, 5.74) is 1.49. The first kappa shape index (κ1) is 23.9. The van der Waals surface area contributed by atoms with E-state index in [4.69, 9.17) is 4.74 Å². The van der Waals surface area contributed by atoms with Crippen LogP contribution in [-0.2, 0) is 16.0 Å². The number of imide groups is 1. The van der Waals surface area contributed by atoms with Gasteiger partial charge in [-0.1, -0.05) is 30.3 Å². The predicted molar refractivity (Wildman–Crippen MR) is 128 cm³/mol. The molecule has 3 aromatic rings. The minimum absolute atomic E-state index is 0.0390. The maximum absolute atomic E-state index is 12.9. The Labute approximate surface area is 202 Å². The third-order valence-electron chi connectivity index (χ3n) is 5.74. The van der Waals surface area contributed by atoms with Crippen molar-refractivity contribution in [2.24, 2.45) is 0 Å². The zero-order valence-corrected chi connectivity index (χ0v) is 19.7. The van der Waals surface area contributed by atoms with E-state index in [2.05, 4.69) is 10.4 Å². The highest BCUT2D eigenvalue weighted by Gasteiger charge is 2.36. The summed E-state index contributed by atoms with van der Waals surface area (Å²) in [6.45, 7) is 5.54. The van der Waals surface area contributed by atoms with Crippen molar-refractivity contribution in [3.8, 4) is 0 Å². The van der Waals surface area contributed by atoms with E-state index in [9.17, 15) is 19.2 Å². The Balaban J connectivity index is 1.41. The van der Waals surface area contributed by atoms with E-state index >= 15 is 0 Å². The van der Waals surface area contributed by atoms with Crippen molar-refractivity contribution in [3.05, 3.63) is 83.0 Å². The number of nitrogens with one attached hydrogen (secondary N) is 1. The number of ether oxygens (including phenoxy) is 1. The second-order valence-corrected chi connectivity index (χ2v) is 8.55.